The summed E-state index contributed by atoms with van der Waals surface area (Å²) in [5.74, 6) is 3.02. The third-order valence-electron chi connectivity index (χ3n) is 3.55. The van der Waals surface area contributed by atoms with Crippen LogP contribution in [-0.2, 0) is 13.0 Å². The Morgan fingerprint density at radius 2 is 2.47 bits per heavy atom. The first kappa shape index (κ1) is 9.43. The van der Waals surface area contributed by atoms with Gasteiger partial charge in [-0.2, -0.15) is 0 Å². The van der Waals surface area contributed by atoms with Crippen molar-refractivity contribution < 1.29 is 4.42 Å². The molecule has 82 valence electrons. The van der Waals surface area contributed by atoms with Crippen LogP contribution in [0.15, 0.2) is 10.5 Å². The van der Waals surface area contributed by atoms with E-state index >= 15 is 0 Å². The lowest BCUT2D eigenvalue weighted by Gasteiger charge is -2.20. The van der Waals surface area contributed by atoms with Gasteiger partial charge in [-0.05, 0) is 38.1 Å². The first-order valence-corrected chi connectivity index (χ1v) is 5.83. The molecule has 0 amide bonds. The van der Waals surface area contributed by atoms with Crippen molar-refractivity contribution in [3.8, 4) is 0 Å². The Hall–Kier alpha value is -0.800. The summed E-state index contributed by atoms with van der Waals surface area (Å²) in [5, 5.41) is 3.39. The Balaban J connectivity index is 1.85. The lowest BCUT2D eigenvalue weighted by Crippen LogP contribution is -2.25. The number of rotatable bonds is 1. The van der Waals surface area contributed by atoms with Crippen LogP contribution in [0, 0.1) is 0 Å². The summed E-state index contributed by atoms with van der Waals surface area (Å²) in [5.41, 5.74) is 1.44. The van der Waals surface area contributed by atoms with Crippen molar-refractivity contribution in [3.05, 3.63) is 23.2 Å². The first-order valence-electron chi connectivity index (χ1n) is 5.83. The molecule has 0 spiro atoms. The number of hydrogen-bond donors (Lipinski definition) is 1. The number of nitrogens with zero attached hydrogens (tertiary/aromatic N) is 1. The maximum Gasteiger partial charge on any atom is 0.121 e. The van der Waals surface area contributed by atoms with Crippen molar-refractivity contribution >= 4 is 0 Å². The highest BCUT2D eigenvalue weighted by atomic mass is 16.3. The van der Waals surface area contributed by atoms with Gasteiger partial charge in [-0.3, -0.25) is 4.90 Å². The van der Waals surface area contributed by atoms with Gasteiger partial charge in [0.15, 0.2) is 0 Å². The van der Waals surface area contributed by atoms with E-state index in [0.29, 0.717) is 5.92 Å². The average Bonchev–Trinajstić information content (AvgIpc) is 2.84. The molecule has 3 rings (SSSR count). The highest BCUT2D eigenvalue weighted by Gasteiger charge is 2.24. The molecule has 1 unspecified atom stereocenters. The summed E-state index contributed by atoms with van der Waals surface area (Å²) in [6.07, 6.45) is 2.37. The van der Waals surface area contributed by atoms with Gasteiger partial charge in [-0.1, -0.05) is 0 Å². The van der Waals surface area contributed by atoms with Crippen molar-refractivity contribution in [2.75, 3.05) is 26.7 Å². The van der Waals surface area contributed by atoms with Crippen molar-refractivity contribution in [2.24, 2.45) is 0 Å². The van der Waals surface area contributed by atoms with E-state index in [1.165, 1.54) is 23.5 Å². The molecule has 15 heavy (non-hydrogen) atoms. The summed E-state index contributed by atoms with van der Waals surface area (Å²) < 4.78 is 5.98. The Morgan fingerprint density at radius 3 is 3.27 bits per heavy atom. The smallest absolute Gasteiger partial charge is 0.121 e. The van der Waals surface area contributed by atoms with Crippen LogP contribution in [0.5, 0.6) is 0 Å². The zero-order chi connectivity index (χ0) is 10.3. The van der Waals surface area contributed by atoms with Crippen LogP contribution in [0.4, 0.5) is 0 Å². The minimum absolute atomic E-state index is 0.612. The molecule has 2 aliphatic rings. The van der Waals surface area contributed by atoms with Gasteiger partial charge in [-0.15, -0.1) is 0 Å². The van der Waals surface area contributed by atoms with E-state index < -0.39 is 0 Å². The van der Waals surface area contributed by atoms with E-state index in [1.54, 1.807) is 0 Å². The quantitative estimate of drug-likeness (QED) is 0.751. The third kappa shape index (κ3) is 1.70. The predicted molar refractivity (Wildman–Crippen MR) is 59.0 cm³/mol. The lowest BCUT2D eigenvalue weighted by atomic mass is 10.0. The van der Waals surface area contributed by atoms with E-state index in [1.807, 2.05) is 0 Å². The SMILES string of the molecule is CN1CCc2cc(C3CCNC3)oc2C1. The molecule has 1 aromatic rings. The van der Waals surface area contributed by atoms with Crippen molar-refractivity contribution in [2.45, 2.75) is 25.3 Å². The summed E-state index contributed by atoms with van der Waals surface area (Å²) in [4.78, 5) is 2.32. The average molecular weight is 206 g/mol. The molecule has 0 aliphatic carbocycles. The zero-order valence-electron chi connectivity index (χ0n) is 9.25. The molecule has 3 heteroatoms. The second-order valence-corrected chi connectivity index (χ2v) is 4.77. The van der Waals surface area contributed by atoms with Crippen LogP contribution in [0.25, 0.3) is 0 Å². The highest BCUT2D eigenvalue weighted by molar-refractivity contribution is 5.26. The Labute approximate surface area is 90.4 Å². The van der Waals surface area contributed by atoms with Crippen LogP contribution in [-0.4, -0.2) is 31.6 Å². The van der Waals surface area contributed by atoms with E-state index in [-0.39, 0.29) is 0 Å². The van der Waals surface area contributed by atoms with Crippen LogP contribution in [0.1, 0.15) is 29.4 Å². The normalized spacial score (nSPS) is 26.9. The molecule has 2 aliphatic heterocycles. The van der Waals surface area contributed by atoms with Gasteiger partial charge < -0.3 is 9.73 Å². The summed E-state index contributed by atoms with van der Waals surface area (Å²) in [6.45, 7) is 4.36. The second-order valence-electron chi connectivity index (χ2n) is 4.77. The fraction of sp³-hybridized carbons (Fsp3) is 0.667. The fourth-order valence-electron chi connectivity index (χ4n) is 2.57. The van der Waals surface area contributed by atoms with Crippen molar-refractivity contribution in [1.82, 2.24) is 10.2 Å². The van der Waals surface area contributed by atoms with Gasteiger partial charge in [0, 0.05) is 19.0 Å². The molecular weight excluding hydrogens is 188 g/mol. The van der Waals surface area contributed by atoms with E-state index in [4.69, 9.17) is 4.42 Å². The van der Waals surface area contributed by atoms with Gasteiger partial charge in [0.1, 0.15) is 11.5 Å². The Bertz CT molecular complexity index is 353. The van der Waals surface area contributed by atoms with Gasteiger partial charge in [-0.25, -0.2) is 0 Å². The molecule has 0 bridgehead atoms. The maximum atomic E-state index is 5.98. The minimum Gasteiger partial charge on any atom is -0.464 e. The molecule has 0 radical (unpaired) electrons. The molecule has 0 aromatic carbocycles. The standard InChI is InChI=1S/C12H18N2O/c1-14-5-3-9-6-11(15-12(9)8-14)10-2-4-13-7-10/h6,10,13H,2-5,7-8H2,1H3. The molecule has 3 heterocycles. The second kappa shape index (κ2) is 3.65. The topological polar surface area (TPSA) is 28.4 Å². The number of hydrogen-bond acceptors (Lipinski definition) is 3. The van der Waals surface area contributed by atoms with E-state index in [9.17, 15) is 0 Å². The third-order valence-corrected chi connectivity index (χ3v) is 3.55. The first-order chi connectivity index (χ1) is 7.33. The molecule has 1 atom stereocenters. The number of likely N-dealkylation sites (N-methyl/N-ethyl adjacent to an activating group) is 1. The van der Waals surface area contributed by atoms with Gasteiger partial charge in [0.2, 0.25) is 0 Å². The van der Waals surface area contributed by atoms with Crippen LogP contribution < -0.4 is 5.32 Å². The summed E-state index contributed by atoms with van der Waals surface area (Å²) in [7, 11) is 2.16. The van der Waals surface area contributed by atoms with Crippen LogP contribution in [0.2, 0.25) is 0 Å². The summed E-state index contributed by atoms with van der Waals surface area (Å²) >= 11 is 0. The lowest BCUT2D eigenvalue weighted by molar-refractivity contribution is 0.271. The molecule has 1 N–H and O–H groups in total. The maximum absolute atomic E-state index is 5.98. The number of nitrogens with one attached hydrogen (secondary N) is 1. The Kier molecular flexibility index (Phi) is 2.29. The molecule has 0 saturated carbocycles. The molecular formula is C12H18N2O. The van der Waals surface area contributed by atoms with Crippen LogP contribution >= 0.6 is 0 Å². The van der Waals surface area contributed by atoms with E-state index in [0.717, 1.165) is 32.6 Å². The van der Waals surface area contributed by atoms with Gasteiger partial charge >= 0.3 is 0 Å². The van der Waals surface area contributed by atoms with E-state index in [2.05, 4.69) is 23.3 Å². The Morgan fingerprint density at radius 1 is 1.53 bits per heavy atom. The van der Waals surface area contributed by atoms with Crippen LogP contribution in [0.3, 0.4) is 0 Å². The molecule has 1 fully saturated rings. The van der Waals surface area contributed by atoms with Crippen molar-refractivity contribution in [3.63, 3.8) is 0 Å². The largest absolute Gasteiger partial charge is 0.464 e. The number of furan rings is 1. The highest BCUT2D eigenvalue weighted by Crippen LogP contribution is 2.29. The predicted octanol–water partition coefficient (Wildman–Crippen LogP) is 1.34. The van der Waals surface area contributed by atoms with Gasteiger partial charge in [0.05, 0.1) is 6.54 Å². The van der Waals surface area contributed by atoms with Gasteiger partial charge in [0.25, 0.3) is 0 Å². The minimum atomic E-state index is 0.612. The molecule has 1 saturated heterocycles. The molecule has 3 nitrogen and oxygen atoms in total. The summed E-state index contributed by atoms with van der Waals surface area (Å²) in [6, 6.07) is 2.29. The number of fused-ring (bicyclic) bond motifs is 1. The molecule has 1 aromatic heterocycles. The fourth-order valence-corrected chi connectivity index (χ4v) is 2.57. The monoisotopic (exact) mass is 206 g/mol. The van der Waals surface area contributed by atoms with Crippen molar-refractivity contribution in [1.29, 1.82) is 0 Å². The zero-order valence-corrected chi connectivity index (χ0v) is 9.25.